The highest BCUT2D eigenvalue weighted by atomic mass is 33.1. The van der Waals surface area contributed by atoms with Gasteiger partial charge in [-0.05, 0) is 60.9 Å². The monoisotopic (exact) mass is 644 g/mol. The molecule has 1 heterocycles. The first-order valence-corrected chi connectivity index (χ1v) is 18.2. The number of carbonyl (C=O) groups excluding carboxylic acids is 1. The van der Waals surface area contributed by atoms with Crippen LogP contribution in [0.4, 0.5) is 11.4 Å². The maximum Gasteiger partial charge on any atom is 0.198 e. The zero-order chi connectivity index (χ0) is 31.8. The summed E-state index contributed by atoms with van der Waals surface area (Å²) in [4.78, 5) is 16.3. The van der Waals surface area contributed by atoms with E-state index in [1.165, 1.54) is 16.8 Å². The maximum absolute atomic E-state index is 10.9. The Bertz CT molecular complexity index is 1330. The predicted molar refractivity (Wildman–Crippen MR) is 199 cm³/mol. The minimum absolute atomic E-state index is 0.135. The summed E-state index contributed by atoms with van der Waals surface area (Å²) in [6, 6.07) is 17.5. The first kappa shape index (κ1) is 35.9. The van der Waals surface area contributed by atoms with Crippen molar-refractivity contribution in [1.29, 1.82) is 0 Å². The van der Waals surface area contributed by atoms with Crippen LogP contribution in [0.25, 0.3) is 12.2 Å². The maximum atomic E-state index is 10.9. The van der Waals surface area contributed by atoms with Crippen LogP contribution in [0.2, 0.25) is 0 Å². The number of benzene rings is 2. The number of anilines is 2. The Balaban J connectivity index is 1.27. The second kappa shape index (κ2) is 22.8. The average molecular weight is 645 g/mol. The van der Waals surface area contributed by atoms with E-state index in [9.17, 15) is 4.79 Å². The van der Waals surface area contributed by atoms with Gasteiger partial charge in [0.25, 0.3) is 0 Å². The molecular formula is C37H48N4O2S2+2. The number of aliphatic hydroxyl groups is 1. The molecule has 2 aromatic rings. The minimum atomic E-state index is 0.135. The highest BCUT2D eigenvalue weighted by molar-refractivity contribution is 8.76. The zero-order valence-electron chi connectivity index (χ0n) is 26.3. The molecular weight excluding hydrogens is 597 g/mol. The molecule has 0 bridgehead atoms. The van der Waals surface area contributed by atoms with E-state index >= 15 is 0 Å². The van der Waals surface area contributed by atoms with E-state index in [4.69, 9.17) is 5.11 Å². The number of rotatable bonds is 21. The molecule has 0 aromatic heterocycles. The van der Waals surface area contributed by atoms with Crippen molar-refractivity contribution >= 4 is 63.8 Å². The van der Waals surface area contributed by atoms with Gasteiger partial charge in [0.15, 0.2) is 37.8 Å². The fourth-order valence-electron chi connectivity index (χ4n) is 4.57. The molecule has 45 heavy (non-hydrogen) atoms. The molecule has 0 spiro atoms. The second-order valence-electron chi connectivity index (χ2n) is 10.3. The number of hydrogen-bond donors (Lipinski definition) is 3. The van der Waals surface area contributed by atoms with Gasteiger partial charge in [-0.1, -0.05) is 88.4 Å². The normalized spacial score (nSPS) is 15.2. The van der Waals surface area contributed by atoms with Crippen LogP contribution in [0.1, 0.15) is 30.9 Å². The van der Waals surface area contributed by atoms with Gasteiger partial charge in [-0.15, -0.1) is 0 Å². The molecule has 3 N–H and O–H groups in total. The molecule has 1 aliphatic rings. The molecule has 0 fully saturated rings. The van der Waals surface area contributed by atoms with E-state index in [0.29, 0.717) is 13.1 Å². The molecule has 238 valence electrons. The summed E-state index contributed by atoms with van der Waals surface area (Å²) in [6.07, 6.45) is 27.3. The van der Waals surface area contributed by atoms with Crippen molar-refractivity contribution in [3.05, 3.63) is 108 Å². The lowest BCUT2D eigenvalue weighted by atomic mass is 10.1. The largest absolute Gasteiger partial charge is 0.390 e. The van der Waals surface area contributed by atoms with Gasteiger partial charge in [0, 0.05) is 55.0 Å². The third kappa shape index (κ3) is 14.8. The van der Waals surface area contributed by atoms with E-state index in [0.717, 1.165) is 56.0 Å². The third-order valence-corrected chi connectivity index (χ3v) is 9.50. The highest BCUT2D eigenvalue weighted by Gasteiger charge is 2.17. The molecule has 2 aromatic carbocycles. The van der Waals surface area contributed by atoms with Gasteiger partial charge in [-0.3, -0.25) is 4.79 Å². The van der Waals surface area contributed by atoms with Crippen LogP contribution < -0.4 is 15.2 Å². The lowest BCUT2D eigenvalue weighted by Gasteiger charge is -2.23. The summed E-state index contributed by atoms with van der Waals surface area (Å²) in [7, 11) is 3.91. The van der Waals surface area contributed by atoms with Crippen LogP contribution in [0.3, 0.4) is 0 Å². The van der Waals surface area contributed by atoms with Crippen molar-refractivity contribution in [3.8, 4) is 0 Å². The lowest BCUT2D eigenvalue weighted by Crippen LogP contribution is -2.69. The topological polar surface area (TPSA) is 69.5 Å². The van der Waals surface area contributed by atoms with Gasteiger partial charge in [-0.25, -0.2) is 9.57 Å². The zero-order valence-corrected chi connectivity index (χ0v) is 28.0. The van der Waals surface area contributed by atoms with Crippen LogP contribution in [-0.2, 0) is 4.79 Å². The van der Waals surface area contributed by atoms with E-state index in [2.05, 4.69) is 99.5 Å². The highest BCUT2D eigenvalue weighted by Crippen LogP contribution is 2.24. The van der Waals surface area contributed by atoms with Crippen molar-refractivity contribution in [3.63, 3.8) is 0 Å². The molecule has 8 heteroatoms. The summed E-state index contributed by atoms with van der Waals surface area (Å²) >= 11 is 0. The van der Waals surface area contributed by atoms with Crippen molar-refractivity contribution < 1.29 is 19.5 Å². The van der Waals surface area contributed by atoms with Crippen LogP contribution in [0.15, 0.2) is 97.1 Å². The number of nitrogens with zero attached hydrogens (tertiary/aromatic N) is 2. The fourth-order valence-corrected chi connectivity index (χ4v) is 6.64. The Morgan fingerprint density at radius 1 is 0.978 bits per heavy atom. The van der Waals surface area contributed by atoms with Crippen molar-refractivity contribution in [2.45, 2.75) is 25.8 Å². The molecule has 0 aliphatic carbocycles. The summed E-state index contributed by atoms with van der Waals surface area (Å²) in [5, 5.41) is 12.3. The number of nitrogens with one attached hydrogen (secondary N) is 2. The Kier molecular flexibility index (Phi) is 18.2. The molecule has 1 unspecified atom stereocenters. The van der Waals surface area contributed by atoms with E-state index in [1.54, 1.807) is 0 Å². The van der Waals surface area contributed by atoms with Gasteiger partial charge in [0.05, 0.1) is 0 Å². The number of carbonyl (C=O) groups is 1. The first-order chi connectivity index (χ1) is 22.2. The van der Waals surface area contributed by atoms with Crippen LogP contribution in [0, 0.1) is 0 Å². The predicted octanol–water partition coefficient (Wildman–Crippen LogP) is 5.29. The number of aldehydes is 1. The minimum Gasteiger partial charge on any atom is -0.390 e. The number of allylic oxidation sites excluding steroid dienone is 6. The Morgan fingerprint density at radius 2 is 1.71 bits per heavy atom. The van der Waals surface area contributed by atoms with Crippen molar-refractivity contribution in [2.24, 2.45) is 0 Å². The van der Waals surface area contributed by atoms with Crippen LogP contribution in [0.5, 0.6) is 0 Å². The lowest BCUT2D eigenvalue weighted by molar-refractivity contribution is -0.537. The Hall–Kier alpha value is -3.59. The molecule has 1 atom stereocenters. The molecule has 0 radical (unpaired) electrons. The van der Waals surface area contributed by atoms with Gasteiger partial charge in [0.2, 0.25) is 0 Å². The second-order valence-corrected chi connectivity index (χ2v) is 13.0. The van der Waals surface area contributed by atoms with Gasteiger partial charge in [0.1, 0.15) is 6.61 Å². The third-order valence-electron chi connectivity index (χ3n) is 7.03. The van der Waals surface area contributed by atoms with Gasteiger partial charge in [-0.2, -0.15) is 0 Å². The van der Waals surface area contributed by atoms with Crippen molar-refractivity contribution in [1.82, 2.24) is 0 Å². The summed E-state index contributed by atoms with van der Waals surface area (Å²) in [5.74, 6) is 2.22. The number of hydrogen-bond acceptors (Lipinski definition) is 6. The number of aliphatic hydroxyl groups excluding tert-OH is 1. The summed E-state index contributed by atoms with van der Waals surface area (Å²) in [6.45, 7) is 6.33. The van der Waals surface area contributed by atoms with Crippen LogP contribution >= 0.6 is 21.6 Å². The molecule has 0 saturated heterocycles. The molecule has 1 aliphatic heterocycles. The quantitative estimate of drug-likeness (QED) is 0.0429. The summed E-state index contributed by atoms with van der Waals surface area (Å²) in [5.41, 5.74) is 4.76. The van der Waals surface area contributed by atoms with Gasteiger partial charge >= 0.3 is 0 Å². The van der Waals surface area contributed by atoms with E-state index in [-0.39, 0.29) is 12.6 Å². The fraction of sp³-hybridized carbons (Fsp3) is 0.324. The molecule has 3 rings (SSSR count). The standard InChI is InChI=1S/C37H47N4O2S2/c1-2-40(37-21-15-33(16-22-37)11-6-4-3-5-8-23-38-25-29-42)28-32-45-44-31-10-24-39-35-18-13-34(14-19-35)17-20-36-12-7-9-26-41(36)27-30-43/h3-9,11,13-23,26,30,36,39,42H,2,10,12,24-25,27-29,31-32H2,1H3/q+1/p+1/b4-3+,8-5-,11-6+,20-17+,38-23?. The molecule has 6 nitrogen and oxygen atoms in total. The molecule has 0 amide bonds. The smallest absolute Gasteiger partial charge is 0.198 e. The van der Waals surface area contributed by atoms with E-state index < -0.39 is 0 Å². The Morgan fingerprint density at radius 3 is 2.49 bits per heavy atom. The van der Waals surface area contributed by atoms with Crippen molar-refractivity contribution in [2.75, 3.05) is 61.1 Å². The average Bonchev–Trinajstić information content (AvgIpc) is 3.07. The van der Waals surface area contributed by atoms with Crippen LogP contribution in [-0.4, -0.2) is 85.3 Å². The first-order valence-electron chi connectivity index (χ1n) is 15.7. The Labute approximate surface area is 277 Å². The van der Waals surface area contributed by atoms with Gasteiger partial charge < -0.3 is 15.3 Å². The SMILES string of the molecule is CCN(CCSSCCCNc1ccc(/C=C/C2CC=CC=[N+]2CC=O)cc1)c1ccc(/C=C/C=C/C=C\C=[NH+]CCO)cc1. The summed E-state index contributed by atoms with van der Waals surface area (Å²) < 4.78 is 2.07. The molecule has 0 saturated carbocycles. The van der Waals surface area contributed by atoms with E-state index in [1.807, 2.05) is 70.5 Å².